The van der Waals surface area contributed by atoms with Crippen LogP contribution in [0.3, 0.4) is 0 Å². The number of rotatable bonds is 6. The number of carbonyl (C=O) groups excluding carboxylic acids is 1. The van der Waals surface area contributed by atoms with E-state index in [1.54, 1.807) is 18.7 Å². The van der Waals surface area contributed by atoms with Crippen LogP contribution < -0.4 is 0 Å². The van der Waals surface area contributed by atoms with Crippen molar-refractivity contribution < 1.29 is 9.21 Å². The second-order valence-electron chi connectivity index (χ2n) is 8.45. The van der Waals surface area contributed by atoms with Crippen LogP contribution in [0.25, 0.3) is 0 Å². The van der Waals surface area contributed by atoms with Gasteiger partial charge in [0.25, 0.3) is 0 Å². The molecule has 5 heteroatoms. The van der Waals surface area contributed by atoms with Gasteiger partial charge >= 0.3 is 0 Å². The number of carbonyl (C=O) groups is 1. The summed E-state index contributed by atoms with van der Waals surface area (Å²) in [5.41, 5.74) is 2.42. The number of pyridine rings is 1. The highest BCUT2D eigenvalue weighted by Gasteiger charge is 2.48. The average Bonchev–Trinajstić information content (AvgIpc) is 3.50. The molecule has 0 unspecified atom stereocenters. The lowest BCUT2D eigenvalue weighted by Crippen LogP contribution is -2.35. The van der Waals surface area contributed by atoms with E-state index in [1.807, 2.05) is 30.3 Å². The Morgan fingerprint density at radius 3 is 2.60 bits per heavy atom. The van der Waals surface area contributed by atoms with Gasteiger partial charge in [0.1, 0.15) is 5.76 Å². The van der Waals surface area contributed by atoms with Crippen LogP contribution in [-0.2, 0) is 17.8 Å². The molecule has 0 spiro atoms. The van der Waals surface area contributed by atoms with E-state index in [-0.39, 0.29) is 11.9 Å². The van der Waals surface area contributed by atoms with Gasteiger partial charge in [0.05, 0.1) is 18.8 Å². The van der Waals surface area contributed by atoms with Crippen molar-refractivity contribution in [1.29, 1.82) is 0 Å². The van der Waals surface area contributed by atoms with Gasteiger partial charge in [0.15, 0.2) is 0 Å². The van der Waals surface area contributed by atoms with Crippen LogP contribution in [0.1, 0.15) is 29.3 Å². The number of hydrogen-bond donors (Lipinski definition) is 0. The van der Waals surface area contributed by atoms with E-state index in [2.05, 4.69) is 39.0 Å². The van der Waals surface area contributed by atoms with Gasteiger partial charge < -0.3 is 9.32 Å². The van der Waals surface area contributed by atoms with Gasteiger partial charge in [-0.05, 0) is 47.7 Å². The first-order valence-corrected chi connectivity index (χ1v) is 10.8. The third kappa shape index (κ3) is 3.90. The maximum atomic E-state index is 13.3. The van der Waals surface area contributed by atoms with Gasteiger partial charge in [-0.2, -0.15) is 0 Å². The number of nitrogens with zero attached hydrogens (tertiary/aromatic N) is 3. The number of likely N-dealkylation sites (tertiary alicyclic amines) is 2. The predicted octanol–water partition coefficient (Wildman–Crippen LogP) is 3.94. The smallest absolute Gasteiger partial charge is 0.223 e. The Labute approximate surface area is 177 Å². The zero-order valence-electron chi connectivity index (χ0n) is 17.1. The largest absolute Gasteiger partial charge is 0.468 e. The fourth-order valence-electron chi connectivity index (χ4n) is 5.17. The van der Waals surface area contributed by atoms with Gasteiger partial charge in [0.2, 0.25) is 5.91 Å². The normalized spacial score (nSPS) is 23.6. The summed E-state index contributed by atoms with van der Waals surface area (Å²) in [6.45, 7) is 3.70. The van der Waals surface area contributed by atoms with Crippen molar-refractivity contribution in [3.8, 4) is 0 Å². The van der Waals surface area contributed by atoms with Gasteiger partial charge in [-0.15, -0.1) is 0 Å². The minimum atomic E-state index is 0.155. The lowest BCUT2D eigenvalue weighted by atomic mass is 9.89. The predicted molar refractivity (Wildman–Crippen MR) is 114 cm³/mol. The Bertz CT molecular complexity index is 959. The monoisotopic (exact) mass is 401 g/mol. The molecule has 1 amide bonds. The highest BCUT2D eigenvalue weighted by Crippen LogP contribution is 2.45. The van der Waals surface area contributed by atoms with E-state index in [0.717, 1.165) is 38.4 Å². The molecule has 30 heavy (non-hydrogen) atoms. The SMILES string of the molecule is O=C(CCc1ccncc1)N1C[C@@H]2CN(Cc3ccco3)C[C@@H]2[C@H]1c1ccccc1. The lowest BCUT2D eigenvalue weighted by Gasteiger charge is -2.30. The van der Waals surface area contributed by atoms with Crippen molar-refractivity contribution in [1.82, 2.24) is 14.8 Å². The number of fused-ring (bicyclic) bond motifs is 1. The lowest BCUT2D eigenvalue weighted by molar-refractivity contribution is -0.132. The Morgan fingerprint density at radius 1 is 1.00 bits per heavy atom. The number of furan rings is 1. The van der Waals surface area contributed by atoms with Crippen molar-refractivity contribution in [3.05, 3.63) is 90.1 Å². The molecule has 2 saturated heterocycles. The molecule has 154 valence electrons. The van der Waals surface area contributed by atoms with E-state index in [9.17, 15) is 4.79 Å². The number of hydrogen-bond acceptors (Lipinski definition) is 4. The molecule has 0 bridgehead atoms. The van der Waals surface area contributed by atoms with E-state index in [0.29, 0.717) is 18.3 Å². The number of amides is 1. The summed E-state index contributed by atoms with van der Waals surface area (Å²) in [5, 5.41) is 0. The quantitative estimate of drug-likeness (QED) is 0.628. The first-order chi connectivity index (χ1) is 14.8. The van der Waals surface area contributed by atoms with Crippen molar-refractivity contribution in [2.75, 3.05) is 19.6 Å². The zero-order valence-corrected chi connectivity index (χ0v) is 17.1. The fourth-order valence-corrected chi connectivity index (χ4v) is 5.17. The van der Waals surface area contributed by atoms with Crippen molar-refractivity contribution >= 4 is 5.91 Å². The summed E-state index contributed by atoms with van der Waals surface area (Å²) < 4.78 is 5.55. The second kappa shape index (κ2) is 8.44. The van der Waals surface area contributed by atoms with Crippen molar-refractivity contribution in [2.45, 2.75) is 25.4 Å². The summed E-state index contributed by atoms with van der Waals surface area (Å²) in [4.78, 5) is 21.9. The van der Waals surface area contributed by atoms with Crippen LogP contribution in [-0.4, -0.2) is 40.3 Å². The Hall–Kier alpha value is -2.92. The molecule has 5 rings (SSSR count). The minimum Gasteiger partial charge on any atom is -0.468 e. The standard InChI is InChI=1S/C25H27N3O2/c29-24(9-8-19-10-12-26-13-11-19)28-16-21-15-27(17-22-7-4-14-30-22)18-23(21)25(28)20-5-2-1-3-6-20/h1-7,10-14,21,23,25H,8-9,15-18H2/t21-,23-,25+/m0/s1. The number of aromatic nitrogens is 1. The molecule has 2 aliphatic heterocycles. The van der Waals surface area contributed by atoms with Crippen LogP contribution in [0.15, 0.2) is 77.7 Å². The van der Waals surface area contributed by atoms with Crippen LogP contribution in [0.5, 0.6) is 0 Å². The maximum Gasteiger partial charge on any atom is 0.223 e. The summed E-state index contributed by atoms with van der Waals surface area (Å²) >= 11 is 0. The number of benzene rings is 1. The Morgan fingerprint density at radius 2 is 1.83 bits per heavy atom. The molecule has 2 aromatic heterocycles. The van der Waals surface area contributed by atoms with Crippen molar-refractivity contribution in [3.63, 3.8) is 0 Å². The summed E-state index contributed by atoms with van der Waals surface area (Å²) in [6.07, 6.45) is 6.63. The Kier molecular flexibility index (Phi) is 5.37. The molecule has 3 atom stereocenters. The van der Waals surface area contributed by atoms with Gasteiger partial charge in [0, 0.05) is 44.4 Å². The summed E-state index contributed by atoms with van der Waals surface area (Å²) in [5.74, 6) is 2.24. The molecule has 2 fully saturated rings. The summed E-state index contributed by atoms with van der Waals surface area (Å²) in [7, 11) is 0. The zero-order chi connectivity index (χ0) is 20.3. The van der Waals surface area contributed by atoms with Crippen LogP contribution in [0.2, 0.25) is 0 Å². The topological polar surface area (TPSA) is 49.6 Å². The number of aryl methyl sites for hydroxylation is 1. The molecule has 5 nitrogen and oxygen atoms in total. The summed E-state index contributed by atoms with van der Waals surface area (Å²) in [6, 6.07) is 18.7. The molecular formula is C25H27N3O2. The molecule has 0 N–H and O–H groups in total. The molecule has 3 aromatic rings. The van der Waals surface area contributed by atoms with Gasteiger partial charge in [-0.25, -0.2) is 0 Å². The van der Waals surface area contributed by atoms with Crippen LogP contribution >= 0.6 is 0 Å². The molecule has 0 saturated carbocycles. The fraction of sp³-hybridized carbons (Fsp3) is 0.360. The molecule has 0 radical (unpaired) electrons. The van der Waals surface area contributed by atoms with E-state index in [4.69, 9.17) is 4.42 Å². The van der Waals surface area contributed by atoms with Crippen LogP contribution in [0, 0.1) is 11.8 Å². The van der Waals surface area contributed by atoms with E-state index >= 15 is 0 Å². The van der Waals surface area contributed by atoms with Gasteiger partial charge in [-0.1, -0.05) is 30.3 Å². The highest BCUT2D eigenvalue weighted by molar-refractivity contribution is 5.77. The maximum absolute atomic E-state index is 13.3. The minimum absolute atomic E-state index is 0.155. The van der Waals surface area contributed by atoms with E-state index in [1.165, 1.54) is 11.1 Å². The third-order valence-electron chi connectivity index (χ3n) is 6.54. The first kappa shape index (κ1) is 19.1. The first-order valence-electron chi connectivity index (χ1n) is 10.8. The van der Waals surface area contributed by atoms with Crippen LogP contribution in [0.4, 0.5) is 0 Å². The highest BCUT2D eigenvalue weighted by atomic mass is 16.3. The van der Waals surface area contributed by atoms with E-state index < -0.39 is 0 Å². The molecular weight excluding hydrogens is 374 g/mol. The van der Waals surface area contributed by atoms with Gasteiger partial charge in [-0.3, -0.25) is 14.7 Å². The third-order valence-corrected chi connectivity index (χ3v) is 6.54. The molecule has 2 aliphatic rings. The Balaban J connectivity index is 1.32. The van der Waals surface area contributed by atoms with Crippen molar-refractivity contribution in [2.24, 2.45) is 11.8 Å². The average molecular weight is 402 g/mol. The molecule has 1 aromatic carbocycles. The second-order valence-corrected chi connectivity index (χ2v) is 8.45. The molecule has 0 aliphatic carbocycles. The molecule has 4 heterocycles.